The number of fused-ring (bicyclic) bond motifs is 1. The van der Waals surface area contributed by atoms with Crippen LogP contribution in [0.25, 0.3) is 0 Å². The highest BCUT2D eigenvalue weighted by atomic mass is 79.9. The molecule has 0 N–H and O–H groups in total. The summed E-state index contributed by atoms with van der Waals surface area (Å²) in [6, 6.07) is 8.83. The molecule has 2 bridgehead atoms. The van der Waals surface area contributed by atoms with E-state index in [0.717, 1.165) is 5.56 Å². The first-order chi connectivity index (χ1) is 12.0. The molecule has 0 aromatic heterocycles. The molecule has 0 spiro atoms. The summed E-state index contributed by atoms with van der Waals surface area (Å²) in [5, 5.41) is 0. The van der Waals surface area contributed by atoms with Crippen LogP contribution in [0.2, 0.25) is 0 Å². The van der Waals surface area contributed by atoms with Gasteiger partial charge in [-0.15, -0.1) is 0 Å². The van der Waals surface area contributed by atoms with E-state index in [-0.39, 0.29) is 22.8 Å². The molecular formula is C17H18BrNO6. The average Bonchev–Trinajstić information content (AvgIpc) is 3.11. The van der Waals surface area contributed by atoms with E-state index in [0.29, 0.717) is 0 Å². The maximum atomic E-state index is 12.6. The lowest BCUT2D eigenvalue weighted by Gasteiger charge is -2.39. The van der Waals surface area contributed by atoms with Crippen molar-refractivity contribution in [3.8, 4) is 0 Å². The third-order valence-electron chi connectivity index (χ3n) is 4.59. The molecular weight excluding hydrogens is 394 g/mol. The monoisotopic (exact) mass is 411 g/mol. The zero-order valence-electron chi connectivity index (χ0n) is 13.8. The smallest absolute Gasteiger partial charge is 0.411 e. The van der Waals surface area contributed by atoms with E-state index in [4.69, 9.17) is 9.47 Å². The quantitative estimate of drug-likeness (QED) is 0.428. The molecule has 1 aliphatic carbocycles. The van der Waals surface area contributed by atoms with Crippen LogP contribution in [0.1, 0.15) is 18.5 Å². The third-order valence-corrected chi connectivity index (χ3v) is 5.74. The molecule has 2 aliphatic heterocycles. The molecule has 8 heteroatoms. The summed E-state index contributed by atoms with van der Waals surface area (Å²) in [7, 11) is 1.22. The van der Waals surface area contributed by atoms with Crippen molar-refractivity contribution in [2.45, 2.75) is 29.9 Å². The fourth-order valence-electron chi connectivity index (χ4n) is 3.57. The van der Waals surface area contributed by atoms with E-state index >= 15 is 0 Å². The lowest BCUT2D eigenvalue weighted by atomic mass is 9.77. The highest BCUT2D eigenvalue weighted by Gasteiger charge is 2.68. The number of ether oxygens (including phenoxy) is 3. The Labute approximate surface area is 153 Å². The predicted molar refractivity (Wildman–Crippen MR) is 89.9 cm³/mol. The maximum Gasteiger partial charge on any atom is 0.411 e. The maximum absolute atomic E-state index is 12.6. The number of benzene rings is 1. The van der Waals surface area contributed by atoms with Crippen LogP contribution in [-0.2, 0) is 23.8 Å². The number of halogens is 1. The van der Waals surface area contributed by atoms with Crippen LogP contribution in [0.3, 0.4) is 0 Å². The Hall–Kier alpha value is -2.09. The lowest BCUT2D eigenvalue weighted by molar-refractivity contribution is -0.154. The number of hydrogen-bond acceptors (Lipinski definition) is 6. The van der Waals surface area contributed by atoms with Gasteiger partial charge in [0.25, 0.3) is 0 Å². The Balaban J connectivity index is 1.86. The van der Waals surface area contributed by atoms with E-state index in [1.165, 1.54) is 14.0 Å². The summed E-state index contributed by atoms with van der Waals surface area (Å²) in [5.74, 6) is -1.11. The predicted octanol–water partition coefficient (Wildman–Crippen LogP) is 2.05. The lowest BCUT2D eigenvalue weighted by Crippen LogP contribution is -2.56. The number of rotatable bonds is 4. The van der Waals surface area contributed by atoms with Gasteiger partial charge in [0.1, 0.15) is 6.10 Å². The number of alkyl halides is 1. The van der Waals surface area contributed by atoms with Crippen LogP contribution < -0.4 is 0 Å². The second kappa shape index (κ2) is 7.03. The number of nitrogens with zero attached hydrogens (tertiary/aromatic N) is 1. The topological polar surface area (TPSA) is 82.1 Å². The first-order valence-corrected chi connectivity index (χ1v) is 8.75. The minimum atomic E-state index is -0.636. The Morgan fingerprint density at radius 3 is 2.48 bits per heavy atom. The molecule has 3 aliphatic rings. The Morgan fingerprint density at radius 1 is 1.20 bits per heavy atom. The van der Waals surface area contributed by atoms with E-state index in [1.807, 2.05) is 30.3 Å². The number of carbonyl (C=O) groups excluding carboxylic acids is 3. The molecule has 0 radical (unpaired) electrons. The normalized spacial score (nSPS) is 29.6. The van der Waals surface area contributed by atoms with Gasteiger partial charge in [0.15, 0.2) is 6.61 Å². The van der Waals surface area contributed by atoms with Gasteiger partial charge in [-0.2, -0.15) is 0 Å². The van der Waals surface area contributed by atoms with Gasteiger partial charge in [-0.1, -0.05) is 46.3 Å². The largest absolute Gasteiger partial charge is 0.466 e. The van der Waals surface area contributed by atoms with Crippen molar-refractivity contribution in [1.82, 2.24) is 4.90 Å². The summed E-state index contributed by atoms with van der Waals surface area (Å²) < 4.78 is 15.0. The third kappa shape index (κ3) is 3.10. The second-order valence-corrected chi connectivity index (χ2v) is 7.04. The Kier molecular flexibility index (Phi) is 4.99. The highest BCUT2D eigenvalue weighted by molar-refractivity contribution is 9.09. The highest BCUT2D eigenvalue weighted by Crippen LogP contribution is 2.58. The molecule has 1 amide bonds. The molecule has 0 unspecified atom stereocenters. The van der Waals surface area contributed by atoms with Gasteiger partial charge in [0.2, 0.25) is 0 Å². The van der Waals surface area contributed by atoms with Gasteiger partial charge < -0.3 is 14.2 Å². The zero-order valence-corrected chi connectivity index (χ0v) is 15.3. The number of carbonyl (C=O) groups is 3. The van der Waals surface area contributed by atoms with Gasteiger partial charge in [-0.25, -0.2) is 9.59 Å². The molecule has 7 nitrogen and oxygen atoms in total. The second-order valence-electron chi connectivity index (χ2n) is 5.98. The first kappa shape index (κ1) is 17.7. The summed E-state index contributed by atoms with van der Waals surface area (Å²) >= 11 is 3.59. The fourth-order valence-corrected chi connectivity index (χ4v) is 4.72. The van der Waals surface area contributed by atoms with Crippen LogP contribution in [0, 0.1) is 5.92 Å². The zero-order chi connectivity index (χ0) is 18.1. The average molecular weight is 412 g/mol. The van der Waals surface area contributed by atoms with Crippen LogP contribution in [0.5, 0.6) is 0 Å². The van der Waals surface area contributed by atoms with Gasteiger partial charge in [0, 0.05) is 17.7 Å². The van der Waals surface area contributed by atoms with Crippen LogP contribution in [0.15, 0.2) is 30.3 Å². The summed E-state index contributed by atoms with van der Waals surface area (Å²) in [6.45, 7) is 0.883. The number of esters is 2. The summed E-state index contributed by atoms with van der Waals surface area (Å²) in [6.07, 6.45) is -1.04. The van der Waals surface area contributed by atoms with Gasteiger partial charge in [-0.05, 0) is 5.56 Å². The van der Waals surface area contributed by atoms with E-state index in [1.54, 1.807) is 4.90 Å². The minimum Gasteiger partial charge on any atom is -0.466 e. The van der Waals surface area contributed by atoms with Crippen LogP contribution in [-0.4, -0.2) is 53.6 Å². The SMILES string of the molecule is COC(=O)COC(=O)N1[C@@H]2[C@@H](Br)[C@@H]([C@H]2OC(C)=O)[C@@H]1c1ccccc1. The molecule has 3 fully saturated rings. The summed E-state index contributed by atoms with van der Waals surface area (Å²) in [4.78, 5) is 36.8. The van der Waals surface area contributed by atoms with Crippen molar-refractivity contribution >= 4 is 34.0 Å². The molecule has 4 rings (SSSR count). The van der Waals surface area contributed by atoms with Crippen molar-refractivity contribution in [2.24, 2.45) is 5.92 Å². The Morgan fingerprint density at radius 2 is 1.88 bits per heavy atom. The van der Waals surface area contributed by atoms with Crippen LogP contribution in [0.4, 0.5) is 4.79 Å². The molecule has 5 atom stereocenters. The molecule has 1 aromatic rings. The van der Waals surface area contributed by atoms with Crippen molar-refractivity contribution in [2.75, 3.05) is 13.7 Å². The van der Waals surface area contributed by atoms with E-state index < -0.39 is 30.7 Å². The molecule has 25 heavy (non-hydrogen) atoms. The van der Waals surface area contributed by atoms with Crippen molar-refractivity contribution in [1.29, 1.82) is 0 Å². The molecule has 1 saturated carbocycles. The van der Waals surface area contributed by atoms with Crippen molar-refractivity contribution in [3.63, 3.8) is 0 Å². The van der Waals surface area contributed by atoms with Gasteiger partial charge >= 0.3 is 18.0 Å². The van der Waals surface area contributed by atoms with Crippen molar-refractivity contribution in [3.05, 3.63) is 35.9 Å². The van der Waals surface area contributed by atoms with E-state index in [9.17, 15) is 14.4 Å². The summed E-state index contributed by atoms with van der Waals surface area (Å²) in [5.41, 5.74) is 0.920. The number of amides is 1. The first-order valence-electron chi connectivity index (χ1n) is 7.84. The fraction of sp³-hybridized carbons (Fsp3) is 0.471. The standard InChI is InChI=1S/C17H18BrNO6/c1-9(20)25-16-12-13(18)15(16)19(17(22)24-8-11(21)23-2)14(12)10-6-4-3-5-7-10/h3-7,12-16H,8H2,1-2H3/t12-,13+,14+,15-,16-/m1/s1. The molecule has 134 valence electrons. The van der Waals surface area contributed by atoms with Crippen LogP contribution >= 0.6 is 15.9 Å². The van der Waals surface area contributed by atoms with Crippen molar-refractivity contribution < 1.29 is 28.6 Å². The Bertz CT molecular complexity index is 681. The van der Waals surface area contributed by atoms with E-state index in [2.05, 4.69) is 20.7 Å². The molecule has 1 aromatic carbocycles. The van der Waals surface area contributed by atoms with Gasteiger partial charge in [0.05, 0.1) is 19.2 Å². The number of hydrogen-bond donors (Lipinski definition) is 0. The minimum absolute atomic E-state index is 0.0206. The molecule has 2 saturated heterocycles. The number of methoxy groups -OCH3 is 1. The molecule has 2 heterocycles. The van der Waals surface area contributed by atoms with Gasteiger partial charge in [-0.3, -0.25) is 9.69 Å².